The van der Waals surface area contributed by atoms with E-state index in [-0.39, 0.29) is 0 Å². The Hall–Kier alpha value is -0.290. The summed E-state index contributed by atoms with van der Waals surface area (Å²) in [5.74, 6) is 0. The van der Waals surface area contributed by atoms with Gasteiger partial charge in [-0.1, -0.05) is 0 Å². The molecule has 5 heteroatoms. The second kappa shape index (κ2) is 3.40. The predicted molar refractivity (Wildman–Crippen MR) is 35.1 cm³/mol. The lowest BCUT2D eigenvalue weighted by Crippen LogP contribution is -2.48. The van der Waals surface area contributed by atoms with E-state index in [1.165, 1.54) is 0 Å². The number of hydrogen-bond donors (Lipinski definition) is 2. The maximum absolute atomic E-state index is 11.7. The molecule has 0 aliphatic carbocycles. The first-order valence-electron chi connectivity index (χ1n) is 3.63. The third-order valence-electron chi connectivity index (χ3n) is 1.66. The van der Waals surface area contributed by atoms with E-state index in [2.05, 4.69) is 5.32 Å². The molecule has 1 fully saturated rings. The first-order chi connectivity index (χ1) is 5.08. The third-order valence-corrected chi connectivity index (χ3v) is 1.66. The van der Waals surface area contributed by atoms with Gasteiger partial charge in [-0.25, -0.2) is 5.32 Å². The van der Waals surface area contributed by atoms with Gasteiger partial charge in [0.15, 0.2) is 0 Å². The summed E-state index contributed by atoms with van der Waals surface area (Å²) in [7, 11) is 0. The van der Waals surface area contributed by atoms with Crippen molar-refractivity contribution in [2.45, 2.75) is 25.2 Å². The highest BCUT2D eigenvalue weighted by Crippen LogP contribution is 2.13. The van der Waals surface area contributed by atoms with Crippen LogP contribution in [0, 0.1) is 0 Å². The van der Waals surface area contributed by atoms with E-state index in [1.54, 1.807) is 5.32 Å². The van der Waals surface area contributed by atoms with Gasteiger partial charge >= 0.3 is 6.30 Å². The normalized spacial score (nSPS) is 27.0. The molecular formula is C6H11F3N2. The standard InChI is InChI=1S/C6H11F3N2/c7-6(8,9)11-5-2-1-3-10-4-5/h5,10-11H,1-4H2/t5-/m1/s1. The Bertz CT molecular complexity index is 117. The average molecular weight is 168 g/mol. The maximum Gasteiger partial charge on any atom is 0.457 e. The molecule has 2 N–H and O–H groups in total. The van der Waals surface area contributed by atoms with Crippen molar-refractivity contribution in [3.05, 3.63) is 0 Å². The number of halogens is 3. The van der Waals surface area contributed by atoms with Crippen molar-refractivity contribution in [1.82, 2.24) is 10.6 Å². The molecule has 1 rings (SSSR count). The lowest BCUT2D eigenvalue weighted by Gasteiger charge is -2.24. The second-order valence-corrected chi connectivity index (χ2v) is 2.69. The summed E-state index contributed by atoms with van der Waals surface area (Å²) in [5, 5.41) is 4.49. The summed E-state index contributed by atoms with van der Waals surface area (Å²) in [6.07, 6.45) is -2.82. The number of hydrogen-bond acceptors (Lipinski definition) is 2. The van der Waals surface area contributed by atoms with Gasteiger partial charge in [0, 0.05) is 12.6 Å². The van der Waals surface area contributed by atoms with Gasteiger partial charge in [0.2, 0.25) is 0 Å². The first-order valence-corrected chi connectivity index (χ1v) is 3.63. The van der Waals surface area contributed by atoms with Crippen LogP contribution in [-0.2, 0) is 0 Å². The number of piperidine rings is 1. The van der Waals surface area contributed by atoms with E-state index in [9.17, 15) is 13.2 Å². The van der Waals surface area contributed by atoms with Crippen LogP contribution in [0.25, 0.3) is 0 Å². The summed E-state index contributed by atoms with van der Waals surface area (Å²) >= 11 is 0. The Kier molecular flexibility index (Phi) is 2.72. The molecule has 0 unspecified atom stereocenters. The zero-order chi connectivity index (χ0) is 8.32. The van der Waals surface area contributed by atoms with Crippen molar-refractivity contribution in [3.8, 4) is 0 Å². The summed E-state index contributed by atoms with van der Waals surface area (Å²) in [6, 6.07) is -0.441. The van der Waals surface area contributed by atoms with Gasteiger partial charge in [-0.15, -0.1) is 0 Å². The van der Waals surface area contributed by atoms with Crippen LogP contribution in [0.1, 0.15) is 12.8 Å². The smallest absolute Gasteiger partial charge is 0.315 e. The average Bonchev–Trinajstić information content (AvgIpc) is 1.85. The van der Waals surface area contributed by atoms with Crippen LogP contribution >= 0.6 is 0 Å². The summed E-state index contributed by atoms with van der Waals surface area (Å²) in [6.45, 7) is 1.25. The molecule has 0 amide bonds. The minimum absolute atomic E-state index is 0.416. The Labute approximate surface area is 63.2 Å². The molecule has 0 aromatic heterocycles. The molecule has 0 spiro atoms. The molecule has 1 heterocycles. The quantitative estimate of drug-likeness (QED) is 0.567. The van der Waals surface area contributed by atoms with Gasteiger partial charge in [-0.05, 0) is 19.4 Å². The van der Waals surface area contributed by atoms with Crippen molar-refractivity contribution in [3.63, 3.8) is 0 Å². The van der Waals surface area contributed by atoms with Crippen molar-refractivity contribution in [2.75, 3.05) is 13.1 Å². The molecule has 1 saturated heterocycles. The minimum atomic E-state index is -4.23. The molecule has 0 saturated carbocycles. The van der Waals surface area contributed by atoms with Gasteiger partial charge in [0.25, 0.3) is 0 Å². The lowest BCUT2D eigenvalue weighted by molar-refractivity contribution is -0.165. The molecule has 11 heavy (non-hydrogen) atoms. The third kappa shape index (κ3) is 3.57. The predicted octanol–water partition coefficient (Wildman–Crippen LogP) is 0.848. The topological polar surface area (TPSA) is 24.1 Å². The van der Waals surface area contributed by atoms with E-state index in [0.29, 0.717) is 13.0 Å². The fourth-order valence-electron chi connectivity index (χ4n) is 1.21. The second-order valence-electron chi connectivity index (χ2n) is 2.69. The number of nitrogens with one attached hydrogen (secondary N) is 2. The highest BCUT2D eigenvalue weighted by atomic mass is 19.4. The molecule has 0 bridgehead atoms. The van der Waals surface area contributed by atoms with E-state index < -0.39 is 12.3 Å². The highest BCUT2D eigenvalue weighted by Gasteiger charge is 2.31. The van der Waals surface area contributed by atoms with Gasteiger partial charge in [0.1, 0.15) is 0 Å². The van der Waals surface area contributed by atoms with Crippen LogP contribution in [0.5, 0.6) is 0 Å². The summed E-state index contributed by atoms with van der Waals surface area (Å²) < 4.78 is 35.1. The van der Waals surface area contributed by atoms with Crippen LogP contribution < -0.4 is 10.6 Å². The molecule has 1 aliphatic heterocycles. The largest absolute Gasteiger partial charge is 0.457 e. The zero-order valence-corrected chi connectivity index (χ0v) is 6.04. The van der Waals surface area contributed by atoms with E-state index in [0.717, 1.165) is 13.0 Å². The van der Waals surface area contributed by atoms with Crippen LogP contribution in [0.2, 0.25) is 0 Å². The van der Waals surface area contributed by atoms with Gasteiger partial charge in [-0.2, -0.15) is 13.2 Å². The summed E-state index contributed by atoms with van der Waals surface area (Å²) in [4.78, 5) is 0. The Balaban J connectivity index is 2.24. The van der Waals surface area contributed by atoms with Crippen molar-refractivity contribution in [1.29, 1.82) is 0 Å². The molecule has 1 atom stereocenters. The maximum atomic E-state index is 11.7. The monoisotopic (exact) mass is 168 g/mol. The molecule has 0 aromatic rings. The Morgan fingerprint density at radius 1 is 1.36 bits per heavy atom. The molecule has 0 aromatic carbocycles. The first kappa shape index (κ1) is 8.80. The molecule has 0 radical (unpaired) electrons. The van der Waals surface area contributed by atoms with Crippen molar-refractivity contribution < 1.29 is 13.2 Å². The van der Waals surface area contributed by atoms with Crippen LogP contribution in [0.15, 0.2) is 0 Å². The summed E-state index contributed by atoms with van der Waals surface area (Å²) in [5.41, 5.74) is 0. The molecule has 1 aliphatic rings. The lowest BCUT2D eigenvalue weighted by atomic mass is 10.1. The Morgan fingerprint density at radius 2 is 2.09 bits per heavy atom. The van der Waals surface area contributed by atoms with Crippen molar-refractivity contribution in [2.24, 2.45) is 0 Å². The van der Waals surface area contributed by atoms with E-state index in [4.69, 9.17) is 0 Å². The van der Waals surface area contributed by atoms with Crippen molar-refractivity contribution >= 4 is 0 Å². The van der Waals surface area contributed by atoms with Gasteiger partial charge in [-0.3, -0.25) is 0 Å². The Morgan fingerprint density at radius 3 is 2.55 bits per heavy atom. The molecule has 66 valence electrons. The highest BCUT2D eigenvalue weighted by molar-refractivity contribution is 4.75. The fourth-order valence-corrected chi connectivity index (χ4v) is 1.21. The van der Waals surface area contributed by atoms with Crippen LogP contribution in [-0.4, -0.2) is 25.4 Å². The van der Waals surface area contributed by atoms with Crippen LogP contribution in [0.4, 0.5) is 13.2 Å². The van der Waals surface area contributed by atoms with Gasteiger partial charge in [0.05, 0.1) is 0 Å². The zero-order valence-electron chi connectivity index (χ0n) is 6.04. The van der Waals surface area contributed by atoms with E-state index >= 15 is 0 Å². The van der Waals surface area contributed by atoms with Crippen LogP contribution in [0.3, 0.4) is 0 Å². The number of alkyl halides is 3. The number of rotatable bonds is 1. The SMILES string of the molecule is FC(F)(F)N[C@@H]1CCCNC1. The molecule has 2 nitrogen and oxygen atoms in total. The van der Waals surface area contributed by atoms with Gasteiger partial charge < -0.3 is 5.32 Å². The fraction of sp³-hybridized carbons (Fsp3) is 1.00. The molecular weight excluding hydrogens is 157 g/mol. The minimum Gasteiger partial charge on any atom is -0.315 e. The van der Waals surface area contributed by atoms with E-state index in [1.807, 2.05) is 0 Å².